The summed E-state index contributed by atoms with van der Waals surface area (Å²) in [5, 5.41) is 2.57. The van der Waals surface area contributed by atoms with Gasteiger partial charge in [-0.1, -0.05) is 24.3 Å². The first kappa shape index (κ1) is 12.7. The normalized spacial score (nSPS) is 11.1. The fraction of sp³-hybridized carbons (Fsp3) is 0.188. The monoisotopic (exact) mass is 268 g/mol. The lowest BCUT2D eigenvalue weighted by Gasteiger charge is -2.13. The first-order valence-electron chi connectivity index (χ1n) is 6.57. The Morgan fingerprint density at radius 1 is 1.10 bits per heavy atom. The second kappa shape index (κ2) is 4.98. The second-order valence-electron chi connectivity index (χ2n) is 4.70. The zero-order valence-electron chi connectivity index (χ0n) is 11.3. The third-order valence-corrected chi connectivity index (χ3v) is 3.47. The lowest BCUT2D eigenvalue weighted by Crippen LogP contribution is -2.18. The van der Waals surface area contributed by atoms with E-state index in [0.717, 1.165) is 22.0 Å². The molecule has 0 saturated heterocycles. The number of fused-ring (bicyclic) bond motifs is 3. The van der Waals surface area contributed by atoms with E-state index in [9.17, 15) is 4.79 Å². The molecule has 0 aliphatic heterocycles. The van der Waals surface area contributed by atoms with E-state index in [4.69, 9.17) is 10.5 Å². The number of ether oxygens (including phenoxy) is 1. The van der Waals surface area contributed by atoms with Crippen LogP contribution in [0, 0.1) is 0 Å². The van der Waals surface area contributed by atoms with Crippen molar-refractivity contribution in [2.75, 3.05) is 13.2 Å². The van der Waals surface area contributed by atoms with E-state index >= 15 is 0 Å². The van der Waals surface area contributed by atoms with E-state index in [1.54, 1.807) is 11.6 Å². The number of aromatic nitrogens is 1. The molecule has 3 aromatic rings. The van der Waals surface area contributed by atoms with Gasteiger partial charge in [-0.15, -0.1) is 0 Å². The van der Waals surface area contributed by atoms with Gasteiger partial charge in [0.15, 0.2) is 0 Å². The Kier molecular flexibility index (Phi) is 3.16. The smallest absolute Gasteiger partial charge is 0.258 e. The van der Waals surface area contributed by atoms with Gasteiger partial charge in [0.1, 0.15) is 12.4 Å². The summed E-state index contributed by atoms with van der Waals surface area (Å²) in [6, 6.07) is 13.3. The van der Waals surface area contributed by atoms with Crippen molar-refractivity contribution in [1.82, 2.24) is 4.57 Å². The predicted octanol–water partition coefficient (Wildman–Crippen LogP) is 2.03. The number of hydrogen-bond acceptors (Lipinski definition) is 3. The van der Waals surface area contributed by atoms with Crippen LogP contribution in [0.4, 0.5) is 0 Å². The molecule has 0 amide bonds. The maximum absolute atomic E-state index is 12.4. The molecule has 2 aromatic carbocycles. The number of nitrogens with two attached hydrogens (primary N) is 1. The average molecular weight is 268 g/mol. The number of benzene rings is 2. The molecule has 0 bridgehead atoms. The number of hydrogen-bond donors (Lipinski definition) is 1. The number of aryl methyl sites for hydroxylation is 1. The summed E-state index contributed by atoms with van der Waals surface area (Å²) in [6.45, 7) is 0.913. The van der Waals surface area contributed by atoms with Crippen molar-refractivity contribution in [3.63, 3.8) is 0 Å². The predicted molar refractivity (Wildman–Crippen MR) is 81.2 cm³/mol. The van der Waals surface area contributed by atoms with Crippen molar-refractivity contribution in [3.05, 3.63) is 52.8 Å². The molecule has 2 N–H and O–H groups in total. The molecule has 0 saturated carbocycles. The summed E-state index contributed by atoms with van der Waals surface area (Å²) < 4.78 is 7.39. The van der Waals surface area contributed by atoms with Gasteiger partial charge in [0, 0.05) is 29.8 Å². The molecule has 0 spiro atoms. The van der Waals surface area contributed by atoms with Crippen molar-refractivity contribution < 1.29 is 4.74 Å². The van der Waals surface area contributed by atoms with Crippen LogP contribution in [0.25, 0.3) is 21.7 Å². The summed E-state index contributed by atoms with van der Waals surface area (Å²) in [6.07, 6.45) is 0. The van der Waals surface area contributed by atoms with Gasteiger partial charge >= 0.3 is 0 Å². The molecule has 0 atom stereocenters. The third kappa shape index (κ3) is 1.85. The van der Waals surface area contributed by atoms with Crippen LogP contribution < -0.4 is 16.0 Å². The summed E-state index contributed by atoms with van der Waals surface area (Å²) in [7, 11) is 1.78. The Morgan fingerprint density at radius 2 is 1.85 bits per heavy atom. The molecule has 3 rings (SSSR count). The standard InChI is InChI=1S/C16H16N2O2/c1-18-13-7-4-8-14(20-10-9-17)15(13)11-5-2-3-6-12(11)16(18)19/h2-8H,9-10,17H2,1H3. The molecule has 1 heterocycles. The van der Waals surface area contributed by atoms with Gasteiger partial charge in [0.05, 0.1) is 5.52 Å². The average Bonchev–Trinajstić information content (AvgIpc) is 2.50. The van der Waals surface area contributed by atoms with Crippen molar-refractivity contribution in [1.29, 1.82) is 0 Å². The molecule has 0 unspecified atom stereocenters. The molecule has 1 aromatic heterocycles. The van der Waals surface area contributed by atoms with E-state index in [2.05, 4.69) is 0 Å². The molecule has 4 nitrogen and oxygen atoms in total. The molecule has 102 valence electrons. The van der Waals surface area contributed by atoms with E-state index in [1.807, 2.05) is 42.5 Å². The van der Waals surface area contributed by atoms with Gasteiger partial charge in [-0.05, 0) is 18.2 Å². The summed E-state index contributed by atoms with van der Waals surface area (Å²) in [5.41, 5.74) is 6.37. The van der Waals surface area contributed by atoms with Crippen molar-refractivity contribution in [3.8, 4) is 5.75 Å². The van der Waals surface area contributed by atoms with Gasteiger partial charge in [0.2, 0.25) is 0 Å². The molecular formula is C16H16N2O2. The van der Waals surface area contributed by atoms with Gasteiger partial charge < -0.3 is 15.0 Å². The van der Waals surface area contributed by atoms with Gasteiger partial charge in [-0.25, -0.2) is 0 Å². The number of pyridine rings is 1. The van der Waals surface area contributed by atoms with E-state index in [-0.39, 0.29) is 5.56 Å². The van der Waals surface area contributed by atoms with Crippen LogP contribution in [0.2, 0.25) is 0 Å². The SMILES string of the molecule is Cn1c(=O)c2ccccc2c2c(OCCN)cccc21. The largest absolute Gasteiger partial charge is 0.492 e. The molecule has 0 aliphatic rings. The Labute approximate surface area is 116 Å². The highest BCUT2D eigenvalue weighted by molar-refractivity contribution is 6.08. The quantitative estimate of drug-likeness (QED) is 0.739. The number of nitrogens with zero attached hydrogens (tertiary/aromatic N) is 1. The Bertz CT molecular complexity index is 837. The molecule has 4 heteroatoms. The molecule has 0 radical (unpaired) electrons. The fourth-order valence-corrected chi connectivity index (χ4v) is 2.54. The lowest BCUT2D eigenvalue weighted by molar-refractivity contribution is 0.332. The van der Waals surface area contributed by atoms with Crippen LogP contribution >= 0.6 is 0 Å². The van der Waals surface area contributed by atoms with E-state index < -0.39 is 0 Å². The second-order valence-corrected chi connectivity index (χ2v) is 4.70. The fourth-order valence-electron chi connectivity index (χ4n) is 2.54. The first-order chi connectivity index (χ1) is 9.74. The molecule has 0 aliphatic carbocycles. The van der Waals surface area contributed by atoms with E-state index in [1.165, 1.54) is 0 Å². The molecule has 20 heavy (non-hydrogen) atoms. The lowest BCUT2D eigenvalue weighted by atomic mass is 10.1. The Hall–Kier alpha value is -2.33. The third-order valence-electron chi connectivity index (χ3n) is 3.47. The van der Waals surface area contributed by atoms with Crippen molar-refractivity contribution in [2.24, 2.45) is 12.8 Å². The van der Waals surface area contributed by atoms with Gasteiger partial charge in [-0.3, -0.25) is 4.79 Å². The van der Waals surface area contributed by atoms with Gasteiger partial charge in [0.25, 0.3) is 5.56 Å². The molecule has 0 fully saturated rings. The molecular weight excluding hydrogens is 252 g/mol. The zero-order chi connectivity index (χ0) is 14.1. The minimum atomic E-state index is 0.00377. The summed E-state index contributed by atoms with van der Waals surface area (Å²) in [5.74, 6) is 0.764. The van der Waals surface area contributed by atoms with Crippen LogP contribution in [0.15, 0.2) is 47.3 Å². The Morgan fingerprint density at radius 3 is 2.60 bits per heavy atom. The zero-order valence-corrected chi connectivity index (χ0v) is 11.3. The number of rotatable bonds is 3. The maximum atomic E-state index is 12.4. The highest BCUT2D eigenvalue weighted by Gasteiger charge is 2.11. The maximum Gasteiger partial charge on any atom is 0.258 e. The highest BCUT2D eigenvalue weighted by atomic mass is 16.5. The first-order valence-corrected chi connectivity index (χ1v) is 6.57. The van der Waals surface area contributed by atoms with Crippen LogP contribution in [0.5, 0.6) is 5.75 Å². The topological polar surface area (TPSA) is 57.2 Å². The van der Waals surface area contributed by atoms with Crippen LogP contribution in [0.1, 0.15) is 0 Å². The summed E-state index contributed by atoms with van der Waals surface area (Å²) >= 11 is 0. The van der Waals surface area contributed by atoms with Crippen LogP contribution in [-0.4, -0.2) is 17.7 Å². The van der Waals surface area contributed by atoms with Crippen LogP contribution in [-0.2, 0) is 7.05 Å². The van der Waals surface area contributed by atoms with E-state index in [0.29, 0.717) is 18.5 Å². The van der Waals surface area contributed by atoms with Crippen molar-refractivity contribution in [2.45, 2.75) is 0 Å². The van der Waals surface area contributed by atoms with Gasteiger partial charge in [-0.2, -0.15) is 0 Å². The highest BCUT2D eigenvalue weighted by Crippen LogP contribution is 2.30. The van der Waals surface area contributed by atoms with Crippen molar-refractivity contribution >= 4 is 21.7 Å². The summed E-state index contributed by atoms with van der Waals surface area (Å²) in [4.78, 5) is 12.4. The minimum absolute atomic E-state index is 0.00377. The Balaban J connectivity index is 2.47. The minimum Gasteiger partial charge on any atom is -0.492 e. The van der Waals surface area contributed by atoms with Crippen LogP contribution in [0.3, 0.4) is 0 Å².